The normalized spacial score (nSPS) is 13.2. The molecule has 7 heteroatoms. The molecule has 27 heavy (non-hydrogen) atoms. The highest BCUT2D eigenvalue weighted by Crippen LogP contribution is 2.07. The van der Waals surface area contributed by atoms with Crippen LogP contribution in [0.15, 0.2) is 4.99 Å². The molecule has 0 aliphatic heterocycles. The molecule has 1 amide bonds. The van der Waals surface area contributed by atoms with Gasteiger partial charge in [0.15, 0.2) is 5.96 Å². The molecule has 0 saturated heterocycles. The van der Waals surface area contributed by atoms with Crippen LogP contribution in [0.1, 0.15) is 73.6 Å². The van der Waals surface area contributed by atoms with E-state index >= 15 is 0 Å². The second-order valence-electron chi connectivity index (χ2n) is 7.53. The van der Waals surface area contributed by atoms with Crippen molar-refractivity contribution in [1.29, 1.82) is 0 Å². The van der Waals surface area contributed by atoms with Crippen molar-refractivity contribution in [3.8, 4) is 0 Å². The van der Waals surface area contributed by atoms with E-state index in [2.05, 4.69) is 27.9 Å². The van der Waals surface area contributed by atoms with Crippen molar-refractivity contribution in [3.05, 3.63) is 0 Å². The monoisotopic (exact) mass is 386 g/mol. The van der Waals surface area contributed by atoms with E-state index in [0.717, 1.165) is 64.4 Å². The molecule has 3 N–H and O–H groups in total. The summed E-state index contributed by atoms with van der Waals surface area (Å²) in [6.45, 7) is 15.4. The molecule has 0 spiro atoms. The zero-order chi connectivity index (χ0) is 20.5. The van der Waals surface area contributed by atoms with Crippen LogP contribution < -0.4 is 16.0 Å². The van der Waals surface area contributed by atoms with Crippen molar-refractivity contribution in [2.45, 2.75) is 85.3 Å². The van der Waals surface area contributed by atoms with Crippen molar-refractivity contribution in [2.24, 2.45) is 4.99 Å². The number of hydrogen-bond donors (Lipinski definition) is 3. The van der Waals surface area contributed by atoms with E-state index in [1.54, 1.807) is 0 Å². The van der Waals surface area contributed by atoms with Crippen molar-refractivity contribution >= 4 is 12.1 Å². The number of hydrogen-bond acceptors (Lipinski definition) is 4. The Balaban J connectivity index is 4.56. The molecule has 0 aromatic heterocycles. The van der Waals surface area contributed by atoms with E-state index in [1.807, 2.05) is 34.6 Å². The predicted octanol–water partition coefficient (Wildman–Crippen LogP) is 3.44. The lowest BCUT2D eigenvalue weighted by molar-refractivity contribution is 0.0522. The highest BCUT2D eigenvalue weighted by Gasteiger charge is 2.18. The van der Waals surface area contributed by atoms with Crippen LogP contribution in [0.25, 0.3) is 0 Å². The first-order chi connectivity index (χ1) is 12.8. The number of ether oxygens (including phenoxy) is 2. The maximum Gasteiger partial charge on any atom is 0.407 e. The summed E-state index contributed by atoms with van der Waals surface area (Å²) in [5, 5.41) is 9.59. The Morgan fingerprint density at radius 3 is 2.41 bits per heavy atom. The van der Waals surface area contributed by atoms with Crippen LogP contribution in [-0.2, 0) is 9.47 Å². The number of carbonyl (C=O) groups excluding carboxylic acids is 1. The van der Waals surface area contributed by atoms with Gasteiger partial charge in [-0.1, -0.05) is 19.8 Å². The molecule has 0 aliphatic rings. The summed E-state index contributed by atoms with van der Waals surface area (Å²) in [6, 6.07) is 0.110. The second kappa shape index (κ2) is 15.5. The summed E-state index contributed by atoms with van der Waals surface area (Å²) in [5.74, 6) is 0.793. The molecular weight excluding hydrogens is 344 g/mol. The van der Waals surface area contributed by atoms with Crippen molar-refractivity contribution < 1.29 is 14.3 Å². The van der Waals surface area contributed by atoms with Crippen molar-refractivity contribution in [3.63, 3.8) is 0 Å². The molecule has 1 unspecified atom stereocenters. The third-order valence-electron chi connectivity index (χ3n) is 3.65. The average Bonchev–Trinajstić information content (AvgIpc) is 2.58. The Bertz CT molecular complexity index is 409. The molecule has 160 valence electrons. The standard InChI is InChI=1S/C20H42N4O3/c1-7-10-13-17(16-23-19(25)27-20(4,5)6)24-18(21-8-2)22-14-11-12-15-26-9-3/h17H,7-16H2,1-6H3,(H,23,25)(H2,21,22,24). The van der Waals surface area contributed by atoms with Gasteiger partial charge in [-0.25, -0.2) is 4.79 Å². The van der Waals surface area contributed by atoms with E-state index in [4.69, 9.17) is 9.47 Å². The summed E-state index contributed by atoms with van der Waals surface area (Å²) in [6.07, 6.45) is 4.77. The first kappa shape index (κ1) is 25.5. The van der Waals surface area contributed by atoms with Gasteiger partial charge in [-0.2, -0.15) is 0 Å². The molecule has 0 aromatic carbocycles. The predicted molar refractivity (Wildman–Crippen MR) is 112 cm³/mol. The zero-order valence-corrected chi connectivity index (χ0v) is 18.3. The summed E-state index contributed by atoms with van der Waals surface area (Å²) in [5.41, 5.74) is -0.492. The molecule has 1 atom stereocenters. The maximum absolute atomic E-state index is 11.9. The Morgan fingerprint density at radius 1 is 1.07 bits per heavy atom. The molecule has 0 radical (unpaired) electrons. The van der Waals surface area contributed by atoms with Gasteiger partial charge < -0.3 is 25.4 Å². The zero-order valence-electron chi connectivity index (χ0n) is 18.3. The van der Waals surface area contributed by atoms with Crippen molar-refractivity contribution in [1.82, 2.24) is 16.0 Å². The Kier molecular flexibility index (Phi) is 14.7. The number of nitrogens with zero attached hydrogens (tertiary/aromatic N) is 1. The Morgan fingerprint density at radius 2 is 1.81 bits per heavy atom. The molecule has 0 bridgehead atoms. The summed E-state index contributed by atoms with van der Waals surface area (Å²) >= 11 is 0. The first-order valence-corrected chi connectivity index (χ1v) is 10.4. The third kappa shape index (κ3) is 16.4. The van der Waals surface area contributed by atoms with Gasteiger partial charge >= 0.3 is 6.09 Å². The number of alkyl carbamates (subject to hydrolysis) is 1. The van der Waals surface area contributed by atoms with Gasteiger partial charge in [0.1, 0.15) is 5.60 Å². The van der Waals surface area contributed by atoms with Gasteiger partial charge in [0, 0.05) is 38.9 Å². The minimum absolute atomic E-state index is 0.110. The van der Waals surface area contributed by atoms with Crippen LogP contribution >= 0.6 is 0 Å². The summed E-state index contributed by atoms with van der Waals surface area (Å²) in [7, 11) is 0. The lowest BCUT2D eigenvalue weighted by Crippen LogP contribution is -2.49. The number of rotatable bonds is 13. The van der Waals surface area contributed by atoms with Gasteiger partial charge in [0.2, 0.25) is 0 Å². The lowest BCUT2D eigenvalue weighted by atomic mass is 10.1. The van der Waals surface area contributed by atoms with Crippen LogP contribution in [0, 0.1) is 0 Å². The number of amides is 1. The highest BCUT2D eigenvalue weighted by molar-refractivity contribution is 5.80. The van der Waals surface area contributed by atoms with E-state index in [1.165, 1.54) is 0 Å². The number of unbranched alkanes of at least 4 members (excludes halogenated alkanes) is 2. The van der Waals surface area contributed by atoms with Gasteiger partial charge in [0.05, 0.1) is 0 Å². The molecule has 0 rings (SSSR count). The fraction of sp³-hybridized carbons (Fsp3) is 0.900. The minimum Gasteiger partial charge on any atom is -0.444 e. The number of aliphatic imine (C=N–C) groups is 1. The quantitative estimate of drug-likeness (QED) is 0.256. The van der Waals surface area contributed by atoms with Gasteiger partial charge in [-0.05, 0) is 53.9 Å². The SMILES string of the molecule is CCCCC(CNC(=O)OC(C)(C)C)NC(=NCCCCOCC)NCC. The van der Waals surface area contributed by atoms with Crippen LogP contribution in [-0.4, -0.2) is 56.5 Å². The lowest BCUT2D eigenvalue weighted by Gasteiger charge is -2.24. The third-order valence-corrected chi connectivity index (χ3v) is 3.65. The van der Waals surface area contributed by atoms with Crippen LogP contribution in [0.2, 0.25) is 0 Å². The molecule has 0 aromatic rings. The van der Waals surface area contributed by atoms with E-state index < -0.39 is 5.60 Å². The summed E-state index contributed by atoms with van der Waals surface area (Å²) in [4.78, 5) is 16.6. The van der Waals surface area contributed by atoms with Crippen LogP contribution in [0.3, 0.4) is 0 Å². The summed E-state index contributed by atoms with van der Waals surface area (Å²) < 4.78 is 10.7. The van der Waals surface area contributed by atoms with E-state index in [-0.39, 0.29) is 12.1 Å². The fourth-order valence-corrected chi connectivity index (χ4v) is 2.36. The molecule has 0 fully saturated rings. The molecule has 0 heterocycles. The molecule has 0 saturated carbocycles. The number of nitrogens with one attached hydrogen (secondary N) is 3. The minimum atomic E-state index is -0.492. The van der Waals surface area contributed by atoms with E-state index in [9.17, 15) is 4.79 Å². The van der Waals surface area contributed by atoms with E-state index in [0.29, 0.717) is 6.54 Å². The number of guanidine groups is 1. The van der Waals surface area contributed by atoms with Crippen LogP contribution in [0.5, 0.6) is 0 Å². The highest BCUT2D eigenvalue weighted by atomic mass is 16.6. The number of carbonyl (C=O) groups is 1. The maximum atomic E-state index is 11.9. The average molecular weight is 387 g/mol. The fourth-order valence-electron chi connectivity index (χ4n) is 2.36. The van der Waals surface area contributed by atoms with Crippen LogP contribution in [0.4, 0.5) is 4.79 Å². The molecular formula is C20H42N4O3. The molecule has 0 aliphatic carbocycles. The van der Waals surface area contributed by atoms with Gasteiger partial charge in [0.25, 0.3) is 0 Å². The first-order valence-electron chi connectivity index (χ1n) is 10.4. The Hall–Kier alpha value is -1.50. The Labute approximate surface area is 166 Å². The topological polar surface area (TPSA) is 84.0 Å². The smallest absolute Gasteiger partial charge is 0.407 e. The largest absolute Gasteiger partial charge is 0.444 e. The van der Waals surface area contributed by atoms with Gasteiger partial charge in [-0.15, -0.1) is 0 Å². The molecule has 7 nitrogen and oxygen atoms in total. The van der Waals surface area contributed by atoms with Gasteiger partial charge in [-0.3, -0.25) is 4.99 Å². The van der Waals surface area contributed by atoms with Crippen molar-refractivity contribution in [2.75, 3.05) is 32.8 Å². The second-order valence-corrected chi connectivity index (χ2v) is 7.53.